The molecule has 7 heteroatoms. The predicted octanol–water partition coefficient (Wildman–Crippen LogP) is 2.48. The Balaban J connectivity index is 2.17. The zero-order valence-corrected chi connectivity index (χ0v) is 13.2. The minimum absolute atomic E-state index is 0.155. The molecule has 1 aromatic heterocycles. The van der Waals surface area contributed by atoms with Gasteiger partial charge in [0.1, 0.15) is 10.7 Å². The molecule has 0 amide bonds. The van der Waals surface area contributed by atoms with E-state index in [9.17, 15) is 12.8 Å². The van der Waals surface area contributed by atoms with E-state index in [1.165, 1.54) is 23.5 Å². The third-order valence-corrected chi connectivity index (χ3v) is 5.06. The van der Waals surface area contributed by atoms with Crippen molar-refractivity contribution in [1.82, 2.24) is 10.0 Å². The van der Waals surface area contributed by atoms with Crippen LogP contribution in [0.4, 0.5) is 4.39 Å². The van der Waals surface area contributed by atoms with Gasteiger partial charge in [0.25, 0.3) is 0 Å². The van der Waals surface area contributed by atoms with Crippen molar-refractivity contribution < 1.29 is 12.8 Å². The molecular formula is C14H17FN2O2S2. The lowest BCUT2D eigenvalue weighted by Gasteiger charge is -2.09. The smallest absolute Gasteiger partial charge is 0.243 e. The highest BCUT2D eigenvalue weighted by molar-refractivity contribution is 7.89. The van der Waals surface area contributed by atoms with E-state index < -0.39 is 15.8 Å². The summed E-state index contributed by atoms with van der Waals surface area (Å²) in [5, 5.41) is 6.79. The number of hydrogen-bond donors (Lipinski definition) is 2. The summed E-state index contributed by atoms with van der Waals surface area (Å²) >= 11 is 1.48. The van der Waals surface area contributed by atoms with Crippen molar-refractivity contribution in [2.24, 2.45) is 0 Å². The molecule has 4 nitrogen and oxygen atoms in total. The average molecular weight is 328 g/mol. The number of benzene rings is 1. The summed E-state index contributed by atoms with van der Waals surface area (Å²) < 4.78 is 40.6. The van der Waals surface area contributed by atoms with E-state index in [2.05, 4.69) is 10.0 Å². The molecule has 2 rings (SSSR count). The summed E-state index contributed by atoms with van der Waals surface area (Å²) in [5.74, 6) is -0.743. The van der Waals surface area contributed by atoms with Gasteiger partial charge >= 0.3 is 0 Å². The Morgan fingerprint density at radius 2 is 2.00 bits per heavy atom. The third-order valence-electron chi connectivity index (χ3n) is 2.91. The molecule has 0 unspecified atom stereocenters. The minimum Gasteiger partial charge on any atom is -0.313 e. The second kappa shape index (κ2) is 7.13. The van der Waals surface area contributed by atoms with E-state index in [0.717, 1.165) is 17.7 Å². The number of sulfonamides is 1. The number of hydrogen-bond acceptors (Lipinski definition) is 4. The monoisotopic (exact) mass is 328 g/mol. The molecule has 0 aliphatic carbocycles. The molecular weight excluding hydrogens is 311 g/mol. The first-order chi connectivity index (χ1) is 10.0. The fourth-order valence-electron chi connectivity index (χ4n) is 1.78. The molecule has 0 radical (unpaired) electrons. The van der Waals surface area contributed by atoms with E-state index in [0.29, 0.717) is 6.54 Å². The Hall–Kier alpha value is -1.28. The zero-order chi connectivity index (χ0) is 15.3. The predicted molar refractivity (Wildman–Crippen MR) is 82.1 cm³/mol. The van der Waals surface area contributed by atoms with Crippen LogP contribution < -0.4 is 10.0 Å². The van der Waals surface area contributed by atoms with Crippen LogP contribution in [-0.4, -0.2) is 15.0 Å². The molecule has 21 heavy (non-hydrogen) atoms. The van der Waals surface area contributed by atoms with Gasteiger partial charge in [0, 0.05) is 13.1 Å². The van der Waals surface area contributed by atoms with Gasteiger partial charge in [-0.2, -0.15) is 11.3 Å². The van der Waals surface area contributed by atoms with Crippen molar-refractivity contribution in [2.45, 2.75) is 24.9 Å². The molecule has 1 aromatic carbocycles. The van der Waals surface area contributed by atoms with Gasteiger partial charge in [-0.05, 0) is 46.6 Å². The van der Waals surface area contributed by atoms with Crippen LogP contribution in [0.2, 0.25) is 0 Å². The standard InChI is InChI=1S/C14H17FN2O2S2/c1-2-16-8-11-3-4-13(15)14(7-11)21(18,19)17-9-12-5-6-20-10-12/h3-7,10,16-17H,2,8-9H2,1H3. The van der Waals surface area contributed by atoms with Gasteiger partial charge in [0.2, 0.25) is 10.0 Å². The second-order valence-corrected chi connectivity index (χ2v) is 7.02. The average Bonchev–Trinajstić information content (AvgIpc) is 2.97. The minimum atomic E-state index is -3.86. The van der Waals surface area contributed by atoms with Gasteiger partial charge in [0.05, 0.1) is 0 Å². The van der Waals surface area contributed by atoms with Crippen molar-refractivity contribution in [2.75, 3.05) is 6.54 Å². The largest absolute Gasteiger partial charge is 0.313 e. The molecule has 0 aliphatic rings. The normalized spacial score (nSPS) is 11.7. The second-order valence-electron chi connectivity index (χ2n) is 4.50. The molecule has 0 atom stereocenters. The maximum Gasteiger partial charge on any atom is 0.243 e. The van der Waals surface area contributed by atoms with Crippen molar-refractivity contribution >= 4 is 21.4 Å². The number of nitrogens with one attached hydrogen (secondary N) is 2. The topological polar surface area (TPSA) is 58.2 Å². The first-order valence-corrected chi connectivity index (χ1v) is 8.95. The van der Waals surface area contributed by atoms with Crippen molar-refractivity contribution in [3.05, 3.63) is 52.0 Å². The van der Waals surface area contributed by atoms with Gasteiger partial charge in [-0.1, -0.05) is 13.0 Å². The van der Waals surface area contributed by atoms with Crippen LogP contribution in [0.3, 0.4) is 0 Å². The van der Waals surface area contributed by atoms with Crippen LogP contribution in [0.15, 0.2) is 39.9 Å². The Morgan fingerprint density at radius 3 is 2.67 bits per heavy atom. The highest BCUT2D eigenvalue weighted by Crippen LogP contribution is 2.17. The Labute approximate surface area is 128 Å². The maximum atomic E-state index is 13.8. The van der Waals surface area contributed by atoms with Crippen molar-refractivity contribution in [1.29, 1.82) is 0 Å². The van der Waals surface area contributed by atoms with E-state index in [1.54, 1.807) is 6.07 Å². The van der Waals surface area contributed by atoms with Crippen molar-refractivity contribution in [3.8, 4) is 0 Å². The molecule has 0 bridgehead atoms. The number of thiophene rings is 1. The van der Waals surface area contributed by atoms with Gasteiger partial charge in [0.15, 0.2) is 0 Å². The summed E-state index contributed by atoms with van der Waals surface area (Å²) in [4.78, 5) is -0.312. The summed E-state index contributed by atoms with van der Waals surface area (Å²) in [6, 6.07) is 5.96. The summed E-state index contributed by atoms with van der Waals surface area (Å²) in [6.45, 7) is 3.37. The third kappa shape index (κ3) is 4.34. The molecule has 0 aliphatic heterocycles. The van der Waals surface area contributed by atoms with E-state index in [-0.39, 0.29) is 11.4 Å². The first-order valence-electron chi connectivity index (χ1n) is 6.53. The molecule has 2 aromatic rings. The van der Waals surface area contributed by atoms with E-state index in [4.69, 9.17) is 0 Å². The summed E-state index contributed by atoms with van der Waals surface area (Å²) in [5.41, 5.74) is 1.59. The Kier molecular flexibility index (Phi) is 5.46. The number of halogens is 1. The SMILES string of the molecule is CCNCc1ccc(F)c(S(=O)(=O)NCc2ccsc2)c1. The molecule has 0 saturated heterocycles. The lowest BCUT2D eigenvalue weighted by Crippen LogP contribution is -2.24. The fourth-order valence-corrected chi connectivity index (χ4v) is 3.59. The highest BCUT2D eigenvalue weighted by Gasteiger charge is 2.19. The van der Waals surface area contributed by atoms with E-state index >= 15 is 0 Å². The van der Waals surface area contributed by atoms with Gasteiger partial charge < -0.3 is 5.32 Å². The zero-order valence-electron chi connectivity index (χ0n) is 11.6. The molecule has 114 valence electrons. The van der Waals surface area contributed by atoms with Gasteiger partial charge in [-0.3, -0.25) is 0 Å². The van der Waals surface area contributed by atoms with Gasteiger partial charge in [-0.15, -0.1) is 0 Å². The van der Waals surface area contributed by atoms with Crippen LogP contribution in [0.5, 0.6) is 0 Å². The first kappa shape index (κ1) is 16.1. The Morgan fingerprint density at radius 1 is 1.19 bits per heavy atom. The summed E-state index contributed by atoms with van der Waals surface area (Å²) in [6.07, 6.45) is 0. The highest BCUT2D eigenvalue weighted by atomic mass is 32.2. The molecule has 0 saturated carbocycles. The quantitative estimate of drug-likeness (QED) is 0.821. The lowest BCUT2D eigenvalue weighted by molar-refractivity contribution is 0.555. The molecule has 1 heterocycles. The van der Waals surface area contributed by atoms with Crippen LogP contribution in [0.25, 0.3) is 0 Å². The van der Waals surface area contributed by atoms with Gasteiger partial charge in [-0.25, -0.2) is 17.5 Å². The van der Waals surface area contributed by atoms with Crippen LogP contribution in [0.1, 0.15) is 18.1 Å². The van der Waals surface area contributed by atoms with Crippen LogP contribution in [-0.2, 0) is 23.1 Å². The fraction of sp³-hybridized carbons (Fsp3) is 0.286. The lowest BCUT2D eigenvalue weighted by atomic mass is 10.2. The van der Waals surface area contributed by atoms with Crippen LogP contribution in [0, 0.1) is 5.82 Å². The number of rotatable bonds is 7. The molecule has 0 spiro atoms. The molecule has 2 N–H and O–H groups in total. The van der Waals surface area contributed by atoms with Crippen molar-refractivity contribution in [3.63, 3.8) is 0 Å². The molecule has 0 fully saturated rings. The van der Waals surface area contributed by atoms with E-state index in [1.807, 2.05) is 23.8 Å². The Bertz CT molecular complexity index is 685. The van der Waals surface area contributed by atoms with Crippen LogP contribution >= 0.6 is 11.3 Å². The summed E-state index contributed by atoms with van der Waals surface area (Å²) in [7, 11) is -3.86. The maximum absolute atomic E-state index is 13.8.